The van der Waals surface area contributed by atoms with Gasteiger partial charge in [0.15, 0.2) is 0 Å². The zero-order valence-electron chi connectivity index (χ0n) is 11.6. The minimum atomic E-state index is -2.95. The molecule has 0 aliphatic carbocycles. The van der Waals surface area contributed by atoms with E-state index in [4.69, 9.17) is 13.8 Å². The van der Waals surface area contributed by atoms with Crippen LogP contribution >= 0.6 is 7.60 Å². The van der Waals surface area contributed by atoms with Gasteiger partial charge in [-0.3, -0.25) is 4.57 Å². The highest BCUT2D eigenvalue weighted by molar-refractivity contribution is 7.54. The molecule has 0 spiro atoms. The molecule has 0 saturated carbocycles. The molecule has 104 valence electrons. The van der Waals surface area contributed by atoms with Gasteiger partial charge in [0.2, 0.25) is 0 Å². The van der Waals surface area contributed by atoms with Gasteiger partial charge in [0.05, 0.1) is 18.9 Å². The standard InChI is InChI=1S/C12H27O4P/c1-5-8-10-14-11-9-12(4)17(13,15-6-2)16-7-3/h12H,5-11H2,1-4H3. The quantitative estimate of drug-likeness (QED) is 0.421. The molecule has 0 aromatic carbocycles. The molecule has 0 heterocycles. The summed E-state index contributed by atoms with van der Waals surface area (Å²) >= 11 is 0. The normalized spacial score (nSPS) is 13.9. The van der Waals surface area contributed by atoms with Crippen LogP contribution in [0.4, 0.5) is 0 Å². The number of rotatable bonds is 11. The van der Waals surface area contributed by atoms with Crippen LogP contribution in [0.3, 0.4) is 0 Å². The summed E-state index contributed by atoms with van der Waals surface area (Å²) in [7, 11) is -2.95. The van der Waals surface area contributed by atoms with Crippen molar-refractivity contribution >= 4 is 7.60 Å². The van der Waals surface area contributed by atoms with E-state index in [1.807, 2.05) is 20.8 Å². The Kier molecular flexibility index (Phi) is 10.1. The molecule has 0 fully saturated rings. The van der Waals surface area contributed by atoms with E-state index < -0.39 is 7.60 Å². The summed E-state index contributed by atoms with van der Waals surface area (Å²) in [6.07, 6.45) is 2.91. The average molecular weight is 266 g/mol. The Morgan fingerprint density at radius 3 is 2.12 bits per heavy atom. The molecule has 0 saturated heterocycles. The molecule has 0 N–H and O–H groups in total. The third-order valence-corrected chi connectivity index (χ3v) is 5.05. The summed E-state index contributed by atoms with van der Waals surface area (Å²) in [6.45, 7) is 9.91. The first-order valence-electron chi connectivity index (χ1n) is 6.57. The summed E-state index contributed by atoms with van der Waals surface area (Å²) < 4.78 is 28.4. The molecule has 1 unspecified atom stereocenters. The second-order valence-electron chi connectivity index (χ2n) is 3.98. The summed E-state index contributed by atoms with van der Waals surface area (Å²) in [5.41, 5.74) is -0.107. The minimum Gasteiger partial charge on any atom is -0.381 e. The first kappa shape index (κ1) is 17.1. The molecule has 0 bridgehead atoms. The zero-order valence-corrected chi connectivity index (χ0v) is 12.5. The highest BCUT2D eigenvalue weighted by atomic mass is 31.2. The molecule has 1 atom stereocenters. The number of unbranched alkanes of at least 4 members (excludes halogenated alkanes) is 1. The lowest BCUT2D eigenvalue weighted by Gasteiger charge is -2.23. The predicted molar refractivity (Wildman–Crippen MR) is 70.7 cm³/mol. The second kappa shape index (κ2) is 10.1. The fraction of sp³-hybridized carbons (Fsp3) is 1.00. The van der Waals surface area contributed by atoms with Crippen LogP contribution in [0.1, 0.15) is 47.0 Å². The van der Waals surface area contributed by atoms with E-state index in [9.17, 15) is 4.57 Å². The molecule has 0 rings (SSSR count). The summed E-state index contributed by atoms with van der Waals surface area (Å²) in [5, 5.41) is 0. The van der Waals surface area contributed by atoms with Gasteiger partial charge in [0, 0.05) is 13.2 Å². The minimum absolute atomic E-state index is 0.107. The van der Waals surface area contributed by atoms with Gasteiger partial charge in [-0.25, -0.2) is 0 Å². The van der Waals surface area contributed by atoms with Gasteiger partial charge in [-0.1, -0.05) is 20.3 Å². The number of ether oxygens (including phenoxy) is 1. The maximum atomic E-state index is 12.3. The van der Waals surface area contributed by atoms with Crippen molar-refractivity contribution < 1.29 is 18.3 Å². The maximum Gasteiger partial charge on any atom is 0.333 e. The third kappa shape index (κ3) is 7.20. The Morgan fingerprint density at radius 1 is 1.06 bits per heavy atom. The molecular formula is C12H27O4P. The fourth-order valence-electron chi connectivity index (χ4n) is 1.41. The van der Waals surface area contributed by atoms with Crippen molar-refractivity contribution in [3.63, 3.8) is 0 Å². The first-order chi connectivity index (χ1) is 8.10. The smallest absolute Gasteiger partial charge is 0.333 e. The van der Waals surface area contributed by atoms with Crippen molar-refractivity contribution in [1.82, 2.24) is 0 Å². The first-order valence-corrected chi connectivity index (χ1v) is 8.18. The topological polar surface area (TPSA) is 44.8 Å². The van der Waals surface area contributed by atoms with Gasteiger partial charge in [0.25, 0.3) is 0 Å². The van der Waals surface area contributed by atoms with E-state index in [0.29, 0.717) is 26.2 Å². The average Bonchev–Trinajstić information content (AvgIpc) is 2.29. The van der Waals surface area contributed by atoms with Crippen LogP contribution in [0.5, 0.6) is 0 Å². The maximum absolute atomic E-state index is 12.3. The van der Waals surface area contributed by atoms with Crippen LogP contribution in [0.25, 0.3) is 0 Å². The second-order valence-corrected chi connectivity index (χ2v) is 6.46. The SMILES string of the molecule is CCCCOCCC(C)P(=O)(OCC)OCC. The van der Waals surface area contributed by atoms with Crippen molar-refractivity contribution in [2.24, 2.45) is 0 Å². The largest absolute Gasteiger partial charge is 0.381 e. The summed E-state index contributed by atoms with van der Waals surface area (Å²) in [5.74, 6) is 0. The van der Waals surface area contributed by atoms with Crippen LogP contribution < -0.4 is 0 Å². The monoisotopic (exact) mass is 266 g/mol. The predicted octanol–water partition coefficient (Wildman–Crippen LogP) is 3.85. The van der Waals surface area contributed by atoms with Gasteiger partial charge in [-0.05, 0) is 26.7 Å². The highest BCUT2D eigenvalue weighted by Gasteiger charge is 2.31. The lowest BCUT2D eigenvalue weighted by atomic mass is 10.3. The molecule has 0 amide bonds. The third-order valence-electron chi connectivity index (χ3n) is 2.48. The Bertz CT molecular complexity index is 211. The van der Waals surface area contributed by atoms with Gasteiger partial charge in [0.1, 0.15) is 0 Å². The molecule has 0 aromatic rings. The Balaban J connectivity index is 3.97. The van der Waals surface area contributed by atoms with E-state index in [1.54, 1.807) is 0 Å². The van der Waals surface area contributed by atoms with E-state index in [1.165, 1.54) is 0 Å². The van der Waals surface area contributed by atoms with E-state index >= 15 is 0 Å². The van der Waals surface area contributed by atoms with Crippen LogP contribution in [0.2, 0.25) is 0 Å². The van der Waals surface area contributed by atoms with Gasteiger partial charge in [-0.15, -0.1) is 0 Å². The van der Waals surface area contributed by atoms with Crippen LogP contribution in [-0.4, -0.2) is 32.1 Å². The van der Waals surface area contributed by atoms with Crippen LogP contribution in [0, 0.1) is 0 Å². The highest BCUT2D eigenvalue weighted by Crippen LogP contribution is 2.53. The summed E-state index contributed by atoms with van der Waals surface area (Å²) in [6, 6.07) is 0. The van der Waals surface area contributed by atoms with Crippen molar-refractivity contribution in [2.75, 3.05) is 26.4 Å². The molecule has 5 heteroatoms. The van der Waals surface area contributed by atoms with Crippen molar-refractivity contribution in [1.29, 1.82) is 0 Å². The molecule has 0 aliphatic heterocycles. The fourth-order valence-corrected chi connectivity index (χ4v) is 3.14. The summed E-state index contributed by atoms with van der Waals surface area (Å²) in [4.78, 5) is 0. The van der Waals surface area contributed by atoms with Gasteiger partial charge in [-0.2, -0.15) is 0 Å². The number of hydrogen-bond acceptors (Lipinski definition) is 4. The van der Waals surface area contributed by atoms with Crippen LogP contribution in [0.15, 0.2) is 0 Å². The molecule has 0 aliphatic rings. The number of hydrogen-bond donors (Lipinski definition) is 0. The molecular weight excluding hydrogens is 239 g/mol. The van der Waals surface area contributed by atoms with E-state index in [2.05, 4.69) is 6.92 Å². The molecule has 0 radical (unpaired) electrons. The molecule has 17 heavy (non-hydrogen) atoms. The van der Waals surface area contributed by atoms with Crippen LogP contribution in [-0.2, 0) is 18.3 Å². The molecule has 4 nitrogen and oxygen atoms in total. The van der Waals surface area contributed by atoms with E-state index in [-0.39, 0.29) is 5.66 Å². The Labute approximate surface area is 106 Å². The van der Waals surface area contributed by atoms with Crippen molar-refractivity contribution in [2.45, 2.75) is 52.6 Å². The van der Waals surface area contributed by atoms with Crippen molar-refractivity contribution in [3.8, 4) is 0 Å². The Hall–Kier alpha value is 0.110. The lowest BCUT2D eigenvalue weighted by Crippen LogP contribution is -2.13. The van der Waals surface area contributed by atoms with Gasteiger partial charge >= 0.3 is 7.60 Å². The van der Waals surface area contributed by atoms with Gasteiger partial charge < -0.3 is 13.8 Å². The Morgan fingerprint density at radius 2 is 1.65 bits per heavy atom. The van der Waals surface area contributed by atoms with E-state index in [0.717, 1.165) is 19.4 Å². The zero-order chi connectivity index (χ0) is 13.1. The molecule has 0 aromatic heterocycles. The lowest BCUT2D eigenvalue weighted by molar-refractivity contribution is 0.125. The van der Waals surface area contributed by atoms with Crippen molar-refractivity contribution in [3.05, 3.63) is 0 Å².